The first-order valence-corrected chi connectivity index (χ1v) is 5.40. The predicted molar refractivity (Wildman–Crippen MR) is 63.1 cm³/mol. The second-order valence-electron chi connectivity index (χ2n) is 3.43. The molecule has 0 saturated heterocycles. The van der Waals surface area contributed by atoms with Gasteiger partial charge in [0.2, 0.25) is 0 Å². The number of carbonyl (C=O) groups is 1. The van der Waals surface area contributed by atoms with Crippen molar-refractivity contribution >= 4 is 11.7 Å². The molecule has 1 aromatic carbocycles. The molecule has 0 saturated carbocycles. The van der Waals surface area contributed by atoms with Crippen molar-refractivity contribution in [3.05, 3.63) is 29.8 Å². The highest BCUT2D eigenvalue weighted by Gasteiger charge is 1.98. The number of amides is 2. The number of hydrogen-bond donors (Lipinski definition) is 2. The highest BCUT2D eigenvalue weighted by atomic mass is 16.2. The van der Waals surface area contributed by atoms with Gasteiger partial charge in [-0.05, 0) is 31.0 Å². The Morgan fingerprint density at radius 2 is 1.87 bits per heavy atom. The number of aryl methyl sites for hydroxylation is 1. The van der Waals surface area contributed by atoms with Gasteiger partial charge < -0.3 is 10.6 Å². The van der Waals surface area contributed by atoms with Gasteiger partial charge in [0, 0.05) is 12.2 Å². The summed E-state index contributed by atoms with van der Waals surface area (Å²) in [4.78, 5) is 11.2. The topological polar surface area (TPSA) is 41.1 Å². The lowest BCUT2D eigenvalue weighted by Gasteiger charge is -2.06. The molecule has 2 N–H and O–H groups in total. The monoisotopic (exact) mass is 206 g/mol. The molecule has 0 aromatic heterocycles. The van der Waals surface area contributed by atoms with Crippen LogP contribution in [0.25, 0.3) is 0 Å². The van der Waals surface area contributed by atoms with E-state index in [1.165, 1.54) is 5.56 Å². The Morgan fingerprint density at radius 1 is 1.20 bits per heavy atom. The van der Waals surface area contributed by atoms with Crippen molar-refractivity contribution in [3.8, 4) is 0 Å². The molecule has 0 spiro atoms. The maximum atomic E-state index is 11.2. The maximum Gasteiger partial charge on any atom is 0.319 e. The lowest BCUT2D eigenvalue weighted by Crippen LogP contribution is -2.28. The average Bonchev–Trinajstić information content (AvgIpc) is 2.22. The summed E-state index contributed by atoms with van der Waals surface area (Å²) in [5.74, 6) is 0. The number of nitrogens with one attached hydrogen (secondary N) is 2. The largest absolute Gasteiger partial charge is 0.338 e. The molecule has 0 bridgehead atoms. The van der Waals surface area contributed by atoms with E-state index in [-0.39, 0.29) is 6.03 Å². The van der Waals surface area contributed by atoms with E-state index < -0.39 is 0 Å². The molecular weight excluding hydrogens is 188 g/mol. The van der Waals surface area contributed by atoms with Crippen molar-refractivity contribution in [2.24, 2.45) is 0 Å². The molecule has 0 fully saturated rings. The lowest BCUT2D eigenvalue weighted by atomic mass is 10.1. The summed E-state index contributed by atoms with van der Waals surface area (Å²) in [7, 11) is 0. The van der Waals surface area contributed by atoms with E-state index >= 15 is 0 Å². The Bertz CT molecular complexity index is 306. The van der Waals surface area contributed by atoms with Crippen LogP contribution < -0.4 is 10.6 Å². The first kappa shape index (κ1) is 11.6. The van der Waals surface area contributed by atoms with Crippen molar-refractivity contribution in [2.45, 2.75) is 26.7 Å². The Labute approximate surface area is 90.9 Å². The fourth-order valence-corrected chi connectivity index (χ4v) is 1.38. The normalized spacial score (nSPS) is 9.73. The third-order valence-electron chi connectivity index (χ3n) is 2.09. The van der Waals surface area contributed by atoms with Crippen LogP contribution in [0.3, 0.4) is 0 Å². The summed E-state index contributed by atoms with van der Waals surface area (Å²) in [5.41, 5.74) is 2.14. The second-order valence-corrected chi connectivity index (χ2v) is 3.43. The molecule has 3 nitrogen and oxygen atoms in total. The van der Waals surface area contributed by atoms with Crippen LogP contribution in [0.2, 0.25) is 0 Å². The van der Waals surface area contributed by atoms with Gasteiger partial charge in [-0.3, -0.25) is 0 Å². The molecule has 0 heterocycles. The molecule has 3 heteroatoms. The molecule has 2 amide bonds. The zero-order chi connectivity index (χ0) is 11.1. The number of rotatable bonds is 4. The summed E-state index contributed by atoms with van der Waals surface area (Å²) < 4.78 is 0. The number of anilines is 1. The molecule has 1 rings (SSSR count). The summed E-state index contributed by atoms with van der Waals surface area (Å²) >= 11 is 0. The first-order chi connectivity index (χ1) is 7.26. The quantitative estimate of drug-likeness (QED) is 0.781. The number of benzene rings is 1. The van der Waals surface area contributed by atoms with Crippen LogP contribution in [-0.2, 0) is 6.42 Å². The second kappa shape index (κ2) is 6.06. The molecule has 82 valence electrons. The van der Waals surface area contributed by atoms with Gasteiger partial charge in [0.15, 0.2) is 0 Å². The zero-order valence-corrected chi connectivity index (χ0v) is 9.34. The fraction of sp³-hybridized carbons (Fsp3) is 0.417. The van der Waals surface area contributed by atoms with E-state index in [1.807, 2.05) is 31.2 Å². The zero-order valence-electron chi connectivity index (χ0n) is 9.34. The van der Waals surface area contributed by atoms with Crippen LogP contribution in [0, 0.1) is 0 Å². The molecule has 0 atom stereocenters. The SMILES string of the molecule is CCCc1ccc(NC(=O)NCC)cc1. The van der Waals surface area contributed by atoms with Gasteiger partial charge >= 0.3 is 6.03 Å². The molecular formula is C12H18N2O. The highest BCUT2D eigenvalue weighted by Crippen LogP contribution is 2.10. The highest BCUT2D eigenvalue weighted by molar-refractivity contribution is 5.89. The lowest BCUT2D eigenvalue weighted by molar-refractivity contribution is 0.252. The van der Waals surface area contributed by atoms with E-state index in [0.29, 0.717) is 6.54 Å². The predicted octanol–water partition coefficient (Wildman–Crippen LogP) is 2.78. The average molecular weight is 206 g/mol. The molecule has 0 aliphatic heterocycles. The van der Waals surface area contributed by atoms with E-state index in [9.17, 15) is 4.79 Å². The minimum absolute atomic E-state index is 0.152. The number of urea groups is 1. The number of carbonyl (C=O) groups excluding carboxylic acids is 1. The fourth-order valence-electron chi connectivity index (χ4n) is 1.38. The van der Waals surface area contributed by atoms with Crippen LogP contribution >= 0.6 is 0 Å². The minimum atomic E-state index is -0.152. The third kappa shape index (κ3) is 4.02. The summed E-state index contributed by atoms with van der Waals surface area (Å²) in [5, 5.41) is 5.45. The first-order valence-electron chi connectivity index (χ1n) is 5.40. The molecule has 15 heavy (non-hydrogen) atoms. The molecule has 0 aliphatic carbocycles. The van der Waals surface area contributed by atoms with Crippen molar-refractivity contribution in [1.29, 1.82) is 0 Å². The van der Waals surface area contributed by atoms with Gasteiger partial charge in [-0.1, -0.05) is 25.5 Å². The Hall–Kier alpha value is -1.51. The van der Waals surface area contributed by atoms with Crippen LogP contribution in [0.5, 0.6) is 0 Å². The van der Waals surface area contributed by atoms with Crippen LogP contribution in [0.1, 0.15) is 25.8 Å². The van der Waals surface area contributed by atoms with Gasteiger partial charge in [0.1, 0.15) is 0 Å². The summed E-state index contributed by atoms with van der Waals surface area (Å²) in [6, 6.07) is 7.80. The Morgan fingerprint density at radius 3 is 2.40 bits per heavy atom. The smallest absolute Gasteiger partial charge is 0.319 e. The van der Waals surface area contributed by atoms with E-state index in [2.05, 4.69) is 17.6 Å². The van der Waals surface area contributed by atoms with Crippen LogP contribution in [0.15, 0.2) is 24.3 Å². The molecule has 0 unspecified atom stereocenters. The van der Waals surface area contributed by atoms with Gasteiger partial charge in [-0.15, -0.1) is 0 Å². The van der Waals surface area contributed by atoms with Crippen molar-refractivity contribution in [2.75, 3.05) is 11.9 Å². The molecule has 0 aliphatic rings. The summed E-state index contributed by atoms with van der Waals surface area (Å²) in [6.07, 6.45) is 2.23. The maximum absolute atomic E-state index is 11.2. The van der Waals surface area contributed by atoms with Gasteiger partial charge in [-0.2, -0.15) is 0 Å². The van der Waals surface area contributed by atoms with E-state index in [0.717, 1.165) is 18.5 Å². The Balaban J connectivity index is 2.52. The van der Waals surface area contributed by atoms with Crippen LogP contribution in [0.4, 0.5) is 10.5 Å². The van der Waals surface area contributed by atoms with E-state index in [4.69, 9.17) is 0 Å². The minimum Gasteiger partial charge on any atom is -0.338 e. The van der Waals surface area contributed by atoms with Gasteiger partial charge in [0.25, 0.3) is 0 Å². The standard InChI is InChI=1S/C12H18N2O/c1-3-5-10-6-8-11(9-7-10)14-12(15)13-4-2/h6-9H,3-5H2,1-2H3,(H2,13,14,15). The van der Waals surface area contributed by atoms with Crippen molar-refractivity contribution in [1.82, 2.24) is 5.32 Å². The third-order valence-corrected chi connectivity index (χ3v) is 2.09. The molecule has 1 aromatic rings. The Kier molecular flexibility index (Phi) is 4.68. The van der Waals surface area contributed by atoms with Crippen molar-refractivity contribution < 1.29 is 4.79 Å². The van der Waals surface area contributed by atoms with E-state index in [1.54, 1.807) is 0 Å². The number of hydrogen-bond acceptors (Lipinski definition) is 1. The summed E-state index contributed by atoms with van der Waals surface area (Å²) in [6.45, 7) is 4.69. The van der Waals surface area contributed by atoms with Gasteiger partial charge in [-0.25, -0.2) is 4.79 Å². The van der Waals surface area contributed by atoms with Crippen molar-refractivity contribution in [3.63, 3.8) is 0 Å². The van der Waals surface area contributed by atoms with Crippen LogP contribution in [-0.4, -0.2) is 12.6 Å². The molecule has 0 radical (unpaired) electrons. The van der Waals surface area contributed by atoms with Gasteiger partial charge in [0.05, 0.1) is 0 Å².